The van der Waals surface area contributed by atoms with Gasteiger partial charge in [0, 0.05) is 4.90 Å². The van der Waals surface area contributed by atoms with Gasteiger partial charge in [0.1, 0.15) is 0 Å². The first-order chi connectivity index (χ1) is 7.09. The Hall–Kier alpha value is 0.800. The summed E-state index contributed by atoms with van der Waals surface area (Å²) in [7, 11) is 0. The SMILES string of the molecule is O=C([O-])c1cc2c(c(S(=O)[O-])c1)CCC2.[Na+].[Na+]. The van der Waals surface area contributed by atoms with E-state index in [-0.39, 0.29) is 69.6 Å². The zero-order chi connectivity index (χ0) is 11.0. The first-order valence-electron chi connectivity index (χ1n) is 4.56. The van der Waals surface area contributed by atoms with Gasteiger partial charge in [0.25, 0.3) is 0 Å². The maximum Gasteiger partial charge on any atom is 1.00 e. The van der Waals surface area contributed by atoms with Gasteiger partial charge in [0.05, 0.1) is 5.97 Å². The van der Waals surface area contributed by atoms with Gasteiger partial charge in [-0.3, -0.25) is 4.21 Å². The Bertz CT molecular complexity index is 462. The molecule has 1 unspecified atom stereocenters. The minimum absolute atomic E-state index is 0. The van der Waals surface area contributed by atoms with E-state index in [4.69, 9.17) is 0 Å². The molecule has 1 aliphatic carbocycles. The summed E-state index contributed by atoms with van der Waals surface area (Å²) in [5, 5.41) is 10.7. The molecule has 0 radical (unpaired) electrons. The number of carboxylic acids is 1. The standard InChI is InChI=1S/C10H10O4S.2Na/c11-10(12)7-4-6-2-1-3-8(6)9(5-7)15(13)14;;/h4-5H,1-3H2,(H,11,12)(H,13,14);;/q;2*+1/p-2. The smallest absolute Gasteiger partial charge is 0.768 e. The summed E-state index contributed by atoms with van der Waals surface area (Å²) in [6, 6.07) is 2.68. The van der Waals surface area contributed by atoms with Crippen LogP contribution in [0.25, 0.3) is 0 Å². The molecule has 0 aromatic heterocycles. The number of carbonyl (C=O) groups excluding carboxylic acids is 1. The molecule has 1 aromatic carbocycles. The molecule has 0 spiro atoms. The molecular weight excluding hydrogens is 262 g/mol. The summed E-state index contributed by atoms with van der Waals surface area (Å²) in [5.74, 6) is -1.34. The van der Waals surface area contributed by atoms with Crippen LogP contribution in [0.1, 0.15) is 27.9 Å². The molecule has 0 bridgehead atoms. The van der Waals surface area contributed by atoms with E-state index in [9.17, 15) is 18.7 Å². The van der Waals surface area contributed by atoms with Gasteiger partial charge in [-0.1, -0.05) is 0 Å². The Labute approximate surface area is 146 Å². The number of carbonyl (C=O) groups is 1. The zero-order valence-corrected chi connectivity index (χ0v) is 14.6. The molecule has 0 saturated carbocycles. The van der Waals surface area contributed by atoms with E-state index in [1.807, 2.05) is 0 Å². The predicted molar refractivity (Wildman–Crippen MR) is 50.0 cm³/mol. The van der Waals surface area contributed by atoms with Crippen molar-refractivity contribution in [3.8, 4) is 0 Å². The number of carboxylic acid groups (broad SMARTS) is 1. The monoisotopic (exact) mass is 270 g/mol. The Morgan fingerprint density at radius 3 is 2.41 bits per heavy atom. The average Bonchev–Trinajstić information content (AvgIpc) is 2.62. The van der Waals surface area contributed by atoms with Crippen LogP contribution in [0.15, 0.2) is 17.0 Å². The number of benzene rings is 1. The third kappa shape index (κ3) is 3.88. The third-order valence-electron chi connectivity index (χ3n) is 2.59. The normalized spacial score (nSPS) is 14.2. The molecule has 17 heavy (non-hydrogen) atoms. The van der Waals surface area contributed by atoms with Crippen molar-refractivity contribution in [1.82, 2.24) is 0 Å². The molecule has 0 saturated heterocycles. The van der Waals surface area contributed by atoms with E-state index < -0.39 is 17.0 Å². The molecule has 0 aliphatic heterocycles. The van der Waals surface area contributed by atoms with Gasteiger partial charge in [-0.2, -0.15) is 0 Å². The maximum atomic E-state index is 10.9. The van der Waals surface area contributed by atoms with Crippen molar-refractivity contribution in [2.75, 3.05) is 0 Å². The fourth-order valence-electron chi connectivity index (χ4n) is 1.93. The maximum absolute atomic E-state index is 10.9. The van der Waals surface area contributed by atoms with E-state index >= 15 is 0 Å². The van der Waals surface area contributed by atoms with Gasteiger partial charge in [-0.05, 0) is 59.2 Å². The molecule has 0 N–H and O–H groups in total. The second kappa shape index (κ2) is 7.40. The van der Waals surface area contributed by atoms with Gasteiger partial charge in [0.2, 0.25) is 0 Å². The molecule has 0 fully saturated rings. The second-order valence-corrected chi connectivity index (χ2v) is 4.40. The minimum atomic E-state index is -2.38. The predicted octanol–water partition coefficient (Wildman–Crippen LogP) is -6.22. The van der Waals surface area contributed by atoms with Crippen LogP contribution in [0.4, 0.5) is 0 Å². The summed E-state index contributed by atoms with van der Waals surface area (Å²) < 4.78 is 21.8. The molecule has 0 heterocycles. The number of fused-ring (bicyclic) bond motifs is 1. The van der Waals surface area contributed by atoms with E-state index in [0.717, 1.165) is 24.0 Å². The Morgan fingerprint density at radius 2 is 1.88 bits per heavy atom. The van der Waals surface area contributed by atoms with Crippen molar-refractivity contribution >= 4 is 17.0 Å². The fraction of sp³-hybridized carbons (Fsp3) is 0.300. The van der Waals surface area contributed by atoms with Gasteiger partial charge in [0.15, 0.2) is 0 Å². The number of rotatable bonds is 2. The Balaban J connectivity index is 0.00000128. The summed E-state index contributed by atoms with van der Waals surface area (Å²) >= 11 is -2.38. The quantitative estimate of drug-likeness (QED) is 0.395. The van der Waals surface area contributed by atoms with Crippen molar-refractivity contribution in [1.29, 1.82) is 0 Å². The van der Waals surface area contributed by atoms with Gasteiger partial charge >= 0.3 is 59.1 Å². The minimum Gasteiger partial charge on any atom is -0.768 e. The summed E-state index contributed by atoms with van der Waals surface area (Å²) in [4.78, 5) is 10.8. The summed E-state index contributed by atoms with van der Waals surface area (Å²) in [5.41, 5.74) is 1.51. The first kappa shape index (κ1) is 17.8. The van der Waals surface area contributed by atoms with Crippen molar-refractivity contribution in [2.24, 2.45) is 0 Å². The molecule has 1 aromatic rings. The van der Waals surface area contributed by atoms with Crippen LogP contribution < -0.4 is 64.2 Å². The molecule has 2 rings (SSSR count). The van der Waals surface area contributed by atoms with Gasteiger partial charge in [-0.15, -0.1) is 0 Å². The summed E-state index contributed by atoms with van der Waals surface area (Å²) in [6.07, 6.45) is 2.31. The van der Waals surface area contributed by atoms with Crippen molar-refractivity contribution in [2.45, 2.75) is 24.2 Å². The van der Waals surface area contributed by atoms with E-state index in [2.05, 4.69) is 0 Å². The fourth-order valence-corrected chi connectivity index (χ4v) is 2.59. The van der Waals surface area contributed by atoms with Crippen molar-refractivity contribution in [3.63, 3.8) is 0 Å². The number of hydrogen-bond acceptors (Lipinski definition) is 4. The molecule has 80 valence electrons. The van der Waals surface area contributed by atoms with Gasteiger partial charge in [-0.25, -0.2) is 0 Å². The van der Waals surface area contributed by atoms with E-state index in [0.29, 0.717) is 6.42 Å². The molecule has 4 nitrogen and oxygen atoms in total. The van der Waals surface area contributed by atoms with Gasteiger partial charge < -0.3 is 14.5 Å². The molecular formula is C10H8Na2O4S. The van der Waals surface area contributed by atoms with E-state index in [1.54, 1.807) is 0 Å². The topological polar surface area (TPSA) is 80.3 Å². The number of aromatic carboxylic acids is 1. The third-order valence-corrected chi connectivity index (χ3v) is 3.31. The van der Waals surface area contributed by atoms with Crippen molar-refractivity contribution in [3.05, 3.63) is 28.8 Å². The largest absolute Gasteiger partial charge is 1.00 e. The Morgan fingerprint density at radius 1 is 1.24 bits per heavy atom. The first-order valence-corrected chi connectivity index (χ1v) is 5.63. The van der Waals surface area contributed by atoms with Crippen LogP contribution in [0, 0.1) is 0 Å². The van der Waals surface area contributed by atoms with Crippen LogP contribution in [0.5, 0.6) is 0 Å². The molecule has 7 heteroatoms. The number of hydrogen-bond donors (Lipinski definition) is 0. The van der Waals surface area contributed by atoms with Crippen LogP contribution >= 0.6 is 0 Å². The van der Waals surface area contributed by atoms with Crippen LogP contribution in [0.3, 0.4) is 0 Å². The summed E-state index contributed by atoms with van der Waals surface area (Å²) in [6.45, 7) is 0. The van der Waals surface area contributed by atoms with Crippen LogP contribution in [0.2, 0.25) is 0 Å². The number of aryl methyl sites for hydroxylation is 1. The van der Waals surface area contributed by atoms with Crippen LogP contribution in [-0.2, 0) is 23.9 Å². The Kier molecular flexibility index (Phi) is 7.75. The average molecular weight is 270 g/mol. The van der Waals surface area contributed by atoms with Crippen molar-refractivity contribution < 1.29 is 77.8 Å². The molecule has 1 atom stereocenters. The molecule has 0 amide bonds. The van der Waals surface area contributed by atoms with E-state index in [1.165, 1.54) is 12.1 Å². The molecule has 1 aliphatic rings. The van der Waals surface area contributed by atoms with Crippen LogP contribution in [-0.4, -0.2) is 14.7 Å². The zero-order valence-electron chi connectivity index (χ0n) is 9.82. The second-order valence-electron chi connectivity index (χ2n) is 3.49.